The van der Waals surface area contributed by atoms with E-state index in [1.807, 2.05) is 38.6 Å². The summed E-state index contributed by atoms with van der Waals surface area (Å²) in [5.74, 6) is -1.45. The molecule has 162 valence electrons. The normalized spacial score (nSPS) is 13.8. The molecule has 2 aromatic rings. The van der Waals surface area contributed by atoms with Crippen LogP contribution in [-0.4, -0.2) is 36.9 Å². The summed E-state index contributed by atoms with van der Waals surface area (Å²) in [4.78, 5) is 41.6. The topological polar surface area (TPSA) is 70.8 Å². The Morgan fingerprint density at radius 2 is 1.55 bits per heavy atom. The summed E-state index contributed by atoms with van der Waals surface area (Å²) in [7, 11) is 4.04. The van der Waals surface area contributed by atoms with Crippen LogP contribution in [0.3, 0.4) is 0 Å². The van der Waals surface area contributed by atoms with Gasteiger partial charge < -0.3 is 9.74 Å². The number of nitrogens with zero attached hydrogens (tertiary/aromatic N) is 3. The number of carbonyl (C=O) groups is 3. The monoisotopic (exact) mass is 422 g/mol. The molecule has 31 heavy (non-hydrogen) atoms. The van der Waals surface area contributed by atoms with E-state index in [1.165, 1.54) is 5.69 Å². The van der Waals surface area contributed by atoms with Gasteiger partial charge in [0, 0.05) is 57.6 Å². The van der Waals surface area contributed by atoms with Crippen molar-refractivity contribution in [1.29, 1.82) is 0 Å². The molecule has 1 aromatic carbocycles. The molecule has 1 aromatic heterocycles. The van der Waals surface area contributed by atoms with Gasteiger partial charge in [-0.25, -0.2) is 9.36 Å². The van der Waals surface area contributed by atoms with Crippen molar-refractivity contribution >= 4 is 35.6 Å². The number of benzene rings is 1. The first-order chi connectivity index (χ1) is 14.9. The highest BCUT2D eigenvalue weighted by Crippen LogP contribution is 2.15. The van der Waals surface area contributed by atoms with Gasteiger partial charge in [0.2, 0.25) is 0 Å². The average molecular weight is 423 g/mol. The summed E-state index contributed by atoms with van der Waals surface area (Å²) < 4.78 is 2.06. The SMILES string of the molecule is CN(C)c1ccc(/C=C/c2cc[n+](CCCCC(=O)ON3C(=O)CCC3=O)cc2)cc1. The smallest absolute Gasteiger partial charge is 0.333 e. The molecule has 1 aliphatic heterocycles. The highest BCUT2D eigenvalue weighted by atomic mass is 16.7. The maximum atomic E-state index is 11.8. The van der Waals surface area contributed by atoms with Crippen LogP contribution in [0.2, 0.25) is 0 Å². The number of hydrogen-bond acceptors (Lipinski definition) is 5. The number of aromatic nitrogens is 1. The van der Waals surface area contributed by atoms with Crippen molar-refractivity contribution in [3.05, 3.63) is 59.9 Å². The molecule has 7 heteroatoms. The van der Waals surface area contributed by atoms with Gasteiger partial charge in [0.25, 0.3) is 11.8 Å². The third-order valence-electron chi connectivity index (χ3n) is 5.04. The van der Waals surface area contributed by atoms with Crippen LogP contribution >= 0.6 is 0 Å². The lowest BCUT2D eigenvalue weighted by Gasteiger charge is -2.12. The van der Waals surface area contributed by atoms with Gasteiger partial charge in [0.05, 0.1) is 0 Å². The fraction of sp³-hybridized carbons (Fsp3) is 0.333. The number of pyridine rings is 1. The van der Waals surface area contributed by atoms with E-state index in [1.54, 1.807) is 0 Å². The maximum Gasteiger partial charge on any atom is 0.333 e. The number of hydroxylamine groups is 2. The molecule has 0 atom stereocenters. The molecule has 0 unspecified atom stereocenters. The molecule has 0 radical (unpaired) electrons. The molecule has 0 N–H and O–H groups in total. The van der Waals surface area contributed by atoms with E-state index < -0.39 is 17.8 Å². The number of aryl methyl sites for hydroxylation is 1. The summed E-state index contributed by atoms with van der Waals surface area (Å²) in [6.07, 6.45) is 9.97. The van der Waals surface area contributed by atoms with E-state index >= 15 is 0 Å². The third kappa shape index (κ3) is 6.50. The quantitative estimate of drug-likeness (QED) is 0.353. The molecule has 0 saturated carbocycles. The Hall–Kier alpha value is -3.48. The minimum Gasteiger partial charge on any atom is -0.378 e. The average Bonchev–Trinajstić information content (AvgIpc) is 3.08. The number of carbonyl (C=O) groups excluding carboxylic acids is 3. The molecule has 3 rings (SSSR count). The summed E-state index contributed by atoms with van der Waals surface area (Å²) in [5, 5.41) is 0.597. The minimum atomic E-state index is -0.548. The molecule has 1 aliphatic rings. The van der Waals surface area contributed by atoms with Gasteiger partial charge in [0.1, 0.15) is 6.54 Å². The van der Waals surface area contributed by atoms with E-state index in [2.05, 4.69) is 45.9 Å². The van der Waals surface area contributed by atoms with E-state index in [0.29, 0.717) is 11.5 Å². The van der Waals surface area contributed by atoms with E-state index in [4.69, 9.17) is 4.84 Å². The van der Waals surface area contributed by atoms with E-state index in [0.717, 1.165) is 24.1 Å². The zero-order valence-corrected chi connectivity index (χ0v) is 18.0. The van der Waals surface area contributed by atoms with Gasteiger partial charge >= 0.3 is 5.97 Å². The molecule has 0 aliphatic carbocycles. The second kappa shape index (κ2) is 10.5. The van der Waals surface area contributed by atoms with Crippen LogP contribution in [-0.2, 0) is 25.8 Å². The van der Waals surface area contributed by atoms with Crippen LogP contribution in [0, 0.1) is 0 Å². The third-order valence-corrected chi connectivity index (χ3v) is 5.04. The molecule has 2 heterocycles. The van der Waals surface area contributed by atoms with Crippen molar-refractivity contribution in [3.63, 3.8) is 0 Å². The van der Waals surface area contributed by atoms with Crippen molar-refractivity contribution in [2.75, 3.05) is 19.0 Å². The predicted octanol–water partition coefficient (Wildman–Crippen LogP) is 2.99. The second-order valence-electron chi connectivity index (χ2n) is 7.69. The van der Waals surface area contributed by atoms with Gasteiger partial charge in [-0.15, -0.1) is 5.06 Å². The Morgan fingerprint density at radius 1 is 0.968 bits per heavy atom. The zero-order valence-electron chi connectivity index (χ0n) is 18.0. The van der Waals surface area contributed by atoms with Crippen molar-refractivity contribution in [3.8, 4) is 0 Å². The lowest BCUT2D eigenvalue weighted by atomic mass is 10.1. The van der Waals surface area contributed by atoms with Crippen LogP contribution < -0.4 is 9.47 Å². The van der Waals surface area contributed by atoms with Gasteiger partial charge in [-0.05, 0) is 29.7 Å². The Bertz CT molecular complexity index is 934. The van der Waals surface area contributed by atoms with Gasteiger partial charge in [0.15, 0.2) is 12.4 Å². The van der Waals surface area contributed by atoms with Crippen LogP contribution in [0.5, 0.6) is 0 Å². The van der Waals surface area contributed by atoms with Crippen LogP contribution in [0.25, 0.3) is 12.2 Å². The number of unbranched alkanes of at least 4 members (excludes halogenated alkanes) is 1. The Kier molecular flexibility index (Phi) is 7.54. The minimum absolute atomic E-state index is 0.108. The molecule has 0 spiro atoms. The van der Waals surface area contributed by atoms with E-state index in [-0.39, 0.29) is 19.3 Å². The molecule has 1 fully saturated rings. The molecule has 2 amide bonds. The van der Waals surface area contributed by atoms with Crippen LogP contribution in [0.15, 0.2) is 48.8 Å². The second-order valence-corrected chi connectivity index (χ2v) is 7.69. The Morgan fingerprint density at radius 3 is 2.13 bits per heavy atom. The first-order valence-corrected chi connectivity index (χ1v) is 10.4. The number of amides is 2. The van der Waals surface area contributed by atoms with Crippen molar-refractivity contribution < 1.29 is 23.8 Å². The van der Waals surface area contributed by atoms with Crippen molar-refractivity contribution in [2.24, 2.45) is 0 Å². The molecule has 0 bridgehead atoms. The summed E-state index contributed by atoms with van der Waals surface area (Å²) in [5.41, 5.74) is 3.42. The highest BCUT2D eigenvalue weighted by Gasteiger charge is 2.32. The lowest BCUT2D eigenvalue weighted by Crippen LogP contribution is -2.33. The largest absolute Gasteiger partial charge is 0.378 e. The summed E-state index contributed by atoms with van der Waals surface area (Å²) in [6.45, 7) is 0.769. The fourth-order valence-corrected chi connectivity index (χ4v) is 3.17. The first kappa shape index (κ1) is 22.2. The maximum absolute atomic E-state index is 11.8. The molecular formula is C24H28N3O4+. The summed E-state index contributed by atoms with van der Waals surface area (Å²) >= 11 is 0. The van der Waals surface area contributed by atoms with Crippen LogP contribution in [0.4, 0.5) is 5.69 Å². The van der Waals surface area contributed by atoms with Gasteiger partial charge in [-0.3, -0.25) is 9.59 Å². The number of rotatable bonds is 9. The number of imide groups is 1. The number of anilines is 1. The first-order valence-electron chi connectivity index (χ1n) is 10.4. The van der Waals surface area contributed by atoms with Gasteiger partial charge in [-0.2, -0.15) is 0 Å². The van der Waals surface area contributed by atoms with Crippen molar-refractivity contribution in [2.45, 2.75) is 38.6 Å². The fourth-order valence-electron chi connectivity index (χ4n) is 3.17. The Balaban J connectivity index is 1.39. The van der Waals surface area contributed by atoms with Gasteiger partial charge in [-0.1, -0.05) is 24.3 Å². The molecular weight excluding hydrogens is 394 g/mol. The van der Waals surface area contributed by atoms with Crippen molar-refractivity contribution in [1.82, 2.24) is 5.06 Å². The number of hydrogen-bond donors (Lipinski definition) is 0. The summed E-state index contributed by atoms with van der Waals surface area (Å²) in [6, 6.07) is 12.5. The predicted molar refractivity (Wildman–Crippen MR) is 117 cm³/mol. The highest BCUT2D eigenvalue weighted by molar-refractivity contribution is 6.01. The van der Waals surface area contributed by atoms with E-state index in [9.17, 15) is 14.4 Å². The lowest BCUT2D eigenvalue weighted by molar-refractivity contribution is -0.697. The molecule has 1 saturated heterocycles. The standard InChI is InChI=1S/C24H28N3O4/c1-25(2)21-10-8-19(9-11-21)6-7-20-14-17-26(18-15-20)16-4-3-5-24(30)31-27-22(28)12-13-23(27)29/h6-11,14-15,17-18H,3-5,12-13,16H2,1-2H3/q+1. The zero-order chi connectivity index (χ0) is 22.2. The Labute approximate surface area is 182 Å². The molecule has 7 nitrogen and oxygen atoms in total. The van der Waals surface area contributed by atoms with Crippen LogP contribution in [0.1, 0.15) is 43.2 Å².